The summed E-state index contributed by atoms with van der Waals surface area (Å²) in [5.41, 5.74) is 0.566. The van der Waals surface area contributed by atoms with Gasteiger partial charge in [-0.3, -0.25) is 9.59 Å². The Kier molecular flexibility index (Phi) is 4.00. The van der Waals surface area contributed by atoms with Crippen LogP contribution in [0.3, 0.4) is 0 Å². The van der Waals surface area contributed by atoms with Gasteiger partial charge in [0.25, 0.3) is 5.91 Å². The van der Waals surface area contributed by atoms with E-state index >= 15 is 0 Å². The minimum atomic E-state index is -0.00522. The van der Waals surface area contributed by atoms with Crippen LogP contribution in [0.1, 0.15) is 51.9 Å². The fourth-order valence-electron chi connectivity index (χ4n) is 4.15. The summed E-state index contributed by atoms with van der Waals surface area (Å²) in [5.74, 6) is 1.43. The highest BCUT2D eigenvalue weighted by Crippen LogP contribution is 2.39. The van der Waals surface area contributed by atoms with E-state index in [2.05, 4.69) is 16.9 Å². The van der Waals surface area contributed by atoms with Crippen molar-refractivity contribution in [3.8, 4) is 0 Å². The number of nitrogens with zero attached hydrogens (tertiary/aromatic N) is 3. The van der Waals surface area contributed by atoms with Gasteiger partial charge in [-0.25, -0.2) is 5.01 Å². The largest absolute Gasteiger partial charge is 0.334 e. The molecule has 21 heavy (non-hydrogen) atoms. The molecule has 0 spiro atoms. The molecule has 2 aliphatic heterocycles. The van der Waals surface area contributed by atoms with E-state index in [0.717, 1.165) is 25.3 Å². The van der Waals surface area contributed by atoms with Crippen molar-refractivity contribution in [2.45, 2.75) is 57.9 Å². The van der Waals surface area contributed by atoms with Crippen molar-refractivity contribution in [2.24, 2.45) is 16.9 Å². The van der Waals surface area contributed by atoms with E-state index in [9.17, 15) is 9.59 Å². The molecule has 0 bridgehead atoms. The third-order valence-corrected chi connectivity index (χ3v) is 5.45. The molecule has 0 aromatic rings. The van der Waals surface area contributed by atoms with Crippen LogP contribution < -0.4 is 0 Å². The molecule has 3 atom stereocenters. The fourth-order valence-corrected chi connectivity index (χ4v) is 4.15. The molecule has 5 nitrogen and oxygen atoms in total. The second kappa shape index (κ2) is 5.78. The van der Waals surface area contributed by atoms with Crippen LogP contribution in [0.5, 0.6) is 0 Å². The smallest absolute Gasteiger partial charge is 0.270 e. The summed E-state index contributed by atoms with van der Waals surface area (Å²) in [6, 6.07) is 0.389. The lowest BCUT2D eigenvalue weighted by Crippen LogP contribution is -2.54. The Bertz CT molecular complexity index is 474. The van der Waals surface area contributed by atoms with Crippen LogP contribution in [-0.2, 0) is 9.59 Å². The number of carbonyl (C=O) groups is 2. The lowest BCUT2D eigenvalue weighted by molar-refractivity contribution is -0.133. The standard InChI is InChI=1S/C16H25N3O2/c1-11-9-10-19(14-6-4-3-5-12(11)14)16(21)13-7-8-15(20)18(2)17-13/h11-12,14H,3-10H2,1-2H3/t11-,12+,14-/m1/s1. The minimum absolute atomic E-state index is 0.00522. The Morgan fingerprint density at radius 1 is 1.19 bits per heavy atom. The highest BCUT2D eigenvalue weighted by molar-refractivity contribution is 6.39. The lowest BCUT2D eigenvalue weighted by atomic mass is 9.72. The van der Waals surface area contributed by atoms with Gasteiger partial charge in [-0.2, -0.15) is 5.10 Å². The first-order valence-electron chi connectivity index (χ1n) is 8.23. The van der Waals surface area contributed by atoms with Crippen LogP contribution in [0.25, 0.3) is 0 Å². The number of amides is 2. The van der Waals surface area contributed by atoms with Gasteiger partial charge in [0, 0.05) is 32.5 Å². The van der Waals surface area contributed by atoms with Gasteiger partial charge in [-0.15, -0.1) is 0 Å². The first-order chi connectivity index (χ1) is 10.1. The zero-order chi connectivity index (χ0) is 15.0. The van der Waals surface area contributed by atoms with Gasteiger partial charge < -0.3 is 4.90 Å². The quantitative estimate of drug-likeness (QED) is 0.742. The molecule has 116 valence electrons. The molecule has 1 saturated heterocycles. The third-order valence-electron chi connectivity index (χ3n) is 5.45. The summed E-state index contributed by atoms with van der Waals surface area (Å²) in [4.78, 5) is 26.4. The van der Waals surface area contributed by atoms with Gasteiger partial charge in [-0.05, 0) is 31.1 Å². The van der Waals surface area contributed by atoms with Crippen molar-refractivity contribution in [1.29, 1.82) is 0 Å². The molecular weight excluding hydrogens is 266 g/mol. The molecular formula is C16H25N3O2. The zero-order valence-corrected chi connectivity index (χ0v) is 13.0. The molecule has 2 fully saturated rings. The predicted octanol–water partition coefficient (Wildman–Crippen LogP) is 2.02. The Morgan fingerprint density at radius 2 is 1.95 bits per heavy atom. The number of fused-ring (bicyclic) bond motifs is 1. The van der Waals surface area contributed by atoms with E-state index < -0.39 is 0 Å². The number of likely N-dealkylation sites (tertiary alicyclic amines) is 1. The molecule has 0 aromatic heterocycles. The Balaban J connectivity index is 1.77. The molecule has 0 unspecified atom stereocenters. The molecule has 0 aromatic carbocycles. The SMILES string of the molecule is C[C@@H]1CCN(C(=O)C2=NN(C)C(=O)CC2)[C@@H]2CCCC[C@@H]12. The van der Waals surface area contributed by atoms with E-state index in [4.69, 9.17) is 0 Å². The maximum atomic E-state index is 12.8. The maximum Gasteiger partial charge on any atom is 0.270 e. The van der Waals surface area contributed by atoms with E-state index in [-0.39, 0.29) is 11.8 Å². The molecule has 0 radical (unpaired) electrons. The van der Waals surface area contributed by atoms with Gasteiger partial charge >= 0.3 is 0 Å². The van der Waals surface area contributed by atoms with Crippen molar-refractivity contribution in [3.63, 3.8) is 0 Å². The van der Waals surface area contributed by atoms with Gasteiger partial charge in [0.05, 0.1) is 0 Å². The van der Waals surface area contributed by atoms with Crippen molar-refractivity contribution < 1.29 is 9.59 Å². The Hall–Kier alpha value is -1.39. The topological polar surface area (TPSA) is 53.0 Å². The molecule has 2 heterocycles. The summed E-state index contributed by atoms with van der Waals surface area (Å²) in [5, 5.41) is 5.53. The molecule has 0 N–H and O–H groups in total. The van der Waals surface area contributed by atoms with Crippen molar-refractivity contribution in [3.05, 3.63) is 0 Å². The third kappa shape index (κ3) is 2.70. The van der Waals surface area contributed by atoms with E-state index in [1.54, 1.807) is 7.05 Å². The molecule has 5 heteroatoms. The van der Waals surface area contributed by atoms with E-state index in [1.165, 1.54) is 24.3 Å². The number of carbonyl (C=O) groups excluding carboxylic acids is 2. The van der Waals surface area contributed by atoms with Crippen molar-refractivity contribution >= 4 is 17.5 Å². The van der Waals surface area contributed by atoms with Crippen molar-refractivity contribution in [1.82, 2.24) is 9.91 Å². The first-order valence-corrected chi connectivity index (χ1v) is 8.23. The number of hydrogen-bond donors (Lipinski definition) is 0. The van der Waals surface area contributed by atoms with Crippen LogP contribution in [0.2, 0.25) is 0 Å². The first kappa shape index (κ1) is 14.5. The summed E-state index contributed by atoms with van der Waals surface area (Å²) in [6.07, 6.45) is 6.89. The van der Waals surface area contributed by atoms with Crippen LogP contribution >= 0.6 is 0 Å². The van der Waals surface area contributed by atoms with Gasteiger partial charge in [0.15, 0.2) is 0 Å². The summed E-state index contributed by atoms with van der Waals surface area (Å²) in [7, 11) is 1.64. The second-order valence-corrected chi connectivity index (χ2v) is 6.74. The predicted molar refractivity (Wildman–Crippen MR) is 80.7 cm³/mol. The highest BCUT2D eigenvalue weighted by Gasteiger charge is 2.40. The maximum absolute atomic E-state index is 12.8. The van der Waals surface area contributed by atoms with Crippen LogP contribution in [0.4, 0.5) is 0 Å². The minimum Gasteiger partial charge on any atom is -0.334 e. The monoisotopic (exact) mass is 291 g/mol. The van der Waals surface area contributed by atoms with Gasteiger partial charge in [0.2, 0.25) is 5.91 Å². The Morgan fingerprint density at radius 3 is 2.71 bits per heavy atom. The van der Waals surface area contributed by atoms with Crippen molar-refractivity contribution in [2.75, 3.05) is 13.6 Å². The molecule has 3 rings (SSSR count). The second-order valence-electron chi connectivity index (χ2n) is 6.74. The van der Waals surface area contributed by atoms with Gasteiger partial charge in [-0.1, -0.05) is 19.8 Å². The van der Waals surface area contributed by atoms with E-state index in [1.807, 2.05) is 0 Å². The van der Waals surface area contributed by atoms with Crippen LogP contribution in [0, 0.1) is 11.8 Å². The number of hydrazone groups is 1. The number of rotatable bonds is 1. The lowest BCUT2D eigenvalue weighted by Gasteiger charge is -2.47. The average Bonchev–Trinajstić information content (AvgIpc) is 2.50. The number of hydrogen-bond acceptors (Lipinski definition) is 3. The zero-order valence-electron chi connectivity index (χ0n) is 13.0. The highest BCUT2D eigenvalue weighted by atomic mass is 16.2. The summed E-state index contributed by atoms with van der Waals surface area (Å²) < 4.78 is 0. The van der Waals surface area contributed by atoms with Crippen LogP contribution in [0.15, 0.2) is 5.10 Å². The fraction of sp³-hybridized carbons (Fsp3) is 0.812. The summed E-state index contributed by atoms with van der Waals surface area (Å²) >= 11 is 0. The normalized spacial score (nSPS) is 33.5. The van der Waals surface area contributed by atoms with Gasteiger partial charge in [0.1, 0.15) is 5.71 Å². The van der Waals surface area contributed by atoms with Crippen LogP contribution in [-0.4, -0.2) is 47.1 Å². The molecule has 3 aliphatic rings. The number of piperidine rings is 1. The van der Waals surface area contributed by atoms with E-state index in [0.29, 0.717) is 30.5 Å². The Labute approximate surface area is 126 Å². The molecule has 1 saturated carbocycles. The average molecular weight is 291 g/mol. The molecule has 2 amide bonds. The molecule has 1 aliphatic carbocycles. The summed E-state index contributed by atoms with van der Waals surface area (Å²) in [6.45, 7) is 3.17.